The average Bonchev–Trinajstić information content (AvgIpc) is 2.27. The molecule has 1 aromatic rings. The minimum absolute atomic E-state index is 0.0741. The molecule has 1 aromatic carbocycles. The zero-order valence-electron chi connectivity index (χ0n) is 10.0. The number of benzene rings is 1. The molecule has 0 saturated carbocycles. The molecule has 7 heteroatoms. The number of halogens is 1. The zero-order chi connectivity index (χ0) is 13.2. The molecule has 0 unspecified atom stereocenters. The van der Waals surface area contributed by atoms with Gasteiger partial charge in [-0.15, -0.1) is 0 Å². The number of rotatable bonds is 4. The molecule has 0 aliphatic carbocycles. The van der Waals surface area contributed by atoms with E-state index < -0.39 is 10.0 Å². The lowest BCUT2D eigenvalue weighted by Gasteiger charge is -2.16. The van der Waals surface area contributed by atoms with Crippen LogP contribution in [-0.2, 0) is 10.0 Å². The van der Waals surface area contributed by atoms with Crippen LogP contribution in [0.3, 0.4) is 0 Å². The molecule has 0 N–H and O–H groups in total. The molecule has 0 atom stereocenters. The molecule has 0 aliphatic rings. The minimum atomic E-state index is -3.56. The third-order valence-electron chi connectivity index (χ3n) is 2.20. The van der Waals surface area contributed by atoms with E-state index >= 15 is 0 Å². The van der Waals surface area contributed by atoms with E-state index in [9.17, 15) is 8.42 Å². The lowest BCUT2D eigenvalue weighted by atomic mass is 10.3. The topological polar surface area (TPSA) is 55.8 Å². The highest BCUT2D eigenvalue weighted by Gasteiger charge is 2.24. The molecule has 1 rings (SSSR count). The van der Waals surface area contributed by atoms with E-state index in [1.54, 1.807) is 6.07 Å². The fourth-order valence-corrected chi connectivity index (χ4v) is 2.76. The molecule has 0 aliphatic heterocycles. The standard InChI is InChI=1S/C10H14BrNO4S/c1-12(2)17(13,14)10-6-8(15-3)7(11)5-9(10)16-4/h5-6H,1-4H3. The van der Waals surface area contributed by atoms with Crippen molar-refractivity contribution < 1.29 is 17.9 Å². The SMILES string of the molecule is COc1cc(S(=O)(=O)N(C)C)c(OC)cc1Br. The fraction of sp³-hybridized carbons (Fsp3) is 0.400. The maximum absolute atomic E-state index is 12.1. The molecule has 17 heavy (non-hydrogen) atoms. The van der Waals surface area contributed by atoms with Gasteiger partial charge in [-0.25, -0.2) is 12.7 Å². The predicted octanol–water partition coefficient (Wildman–Crippen LogP) is 1.72. The first-order valence-corrected chi connectivity index (χ1v) is 6.92. The van der Waals surface area contributed by atoms with Crippen molar-refractivity contribution in [3.8, 4) is 11.5 Å². The van der Waals surface area contributed by atoms with E-state index in [4.69, 9.17) is 9.47 Å². The van der Waals surface area contributed by atoms with Crippen molar-refractivity contribution in [2.75, 3.05) is 28.3 Å². The Kier molecular flexibility index (Phi) is 4.40. The lowest BCUT2D eigenvalue weighted by Crippen LogP contribution is -2.22. The van der Waals surface area contributed by atoms with Crippen molar-refractivity contribution in [2.45, 2.75) is 4.90 Å². The smallest absolute Gasteiger partial charge is 0.246 e. The fourth-order valence-electron chi connectivity index (χ4n) is 1.23. The van der Waals surface area contributed by atoms with Gasteiger partial charge in [-0.1, -0.05) is 0 Å². The third-order valence-corrected chi connectivity index (χ3v) is 4.65. The Morgan fingerprint density at radius 2 is 1.65 bits per heavy atom. The number of nitrogens with zero attached hydrogens (tertiary/aromatic N) is 1. The van der Waals surface area contributed by atoms with Crippen LogP contribution in [0.15, 0.2) is 21.5 Å². The summed E-state index contributed by atoms with van der Waals surface area (Å²) in [6, 6.07) is 2.99. The molecule has 0 fully saturated rings. The van der Waals surface area contributed by atoms with Crippen LogP contribution in [0.25, 0.3) is 0 Å². The average molecular weight is 324 g/mol. The van der Waals surface area contributed by atoms with Crippen molar-refractivity contribution in [2.24, 2.45) is 0 Å². The highest BCUT2D eigenvalue weighted by atomic mass is 79.9. The van der Waals surface area contributed by atoms with E-state index in [2.05, 4.69) is 15.9 Å². The van der Waals surface area contributed by atoms with Crippen LogP contribution in [0.4, 0.5) is 0 Å². The Balaban J connectivity index is 3.52. The summed E-state index contributed by atoms with van der Waals surface area (Å²) in [4.78, 5) is 0.0741. The summed E-state index contributed by atoms with van der Waals surface area (Å²) in [6.07, 6.45) is 0. The Morgan fingerprint density at radius 3 is 2.06 bits per heavy atom. The van der Waals surface area contributed by atoms with E-state index in [0.29, 0.717) is 10.2 Å². The van der Waals surface area contributed by atoms with Gasteiger partial charge in [-0.3, -0.25) is 0 Å². The number of hydrogen-bond donors (Lipinski definition) is 0. The Bertz CT molecular complexity index is 513. The molecule has 96 valence electrons. The van der Waals surface area contributed by atoms with Crippen molar-refractivity contribution in [1.82, 2.24) is 4.31 Å². The number of sulfonamides is 1. The van der Waals surface area contributed by atoms with Crippen LogP contribution < -0.4 is 9.47 Å². The van der Waals surface area contributed by atoms with E-state index in [-0.39, 0.29) is 10.6 Å². The highest BCUT2D eigenvalue weighted by Crippen LogP contribution is 2.35. The second kappa shape index (κ2) is 5.24. The molecule has 0 spiro atoms. The highest BCUT2D eigenvalue weighted by molar-refractivity contribution is 9.10. The van der Waals surface area contributed by atoms with Crippen molar-refractivity contribution >= 4 is 26.0 Å². The van der Waals surface area contributed by atoms with Crippen LogP contribution in [0.5, 0.6) is 11.5 Å². The minimum Gasteiger partial charge on any atom is -0.496 e. The molecule has 0 amide bonds. The van der Waals surface area contributed by atoms with Gasteiger partial charge in [0, 0.05) is 20.2 Å². The van der Waals surface area contributed by atoms with Gasteiger partial charge in [0.2, 0.25) is 10.0 Å². The first-order chi connectivity index (χ1) is 7.84. The first kappa shape index (κ1) is 14.3. The van der Waals surface area contributed by atoms with Gasteiger partial charge >= 0.3 is 0 Å². The van der Waals surface area contributed by atoms with Crippen LogP contribution >= 0.6 is 15.9 Å². The van der Waals surface area contributed by atoms with Gasteiger partial charge in [-0.05, 0) is 22.0 Å². The molecule has 0 heterocycles. The maximum Gasteiger partial charge on any atom is 0.246 e. The van der Waals surface area contributed by atoms with E-state index in [1.807, 2.05) is 0 Å². The van der Waals surface area contributed by atoms with Gasteiger partial charge in [0.15, 0.2) is 0 Å². The van der Waals surface area contributed by atoms with Gasteiger partial charge in [-0.2, -0.15) is 0 Å². The number of hydrogen-bond acceptors (Lipinski definition) is 4. The van der Waals surface area contributed by atoms with Gasteiger partial charge in [0.05, 0.1) is 18.7 Å². The lowest BCUT2D eigenvalue weighted by molar-refractivity contribution is 0.388. The normalized spacial score (nSPS) is 11.6. The summed E-state index contributed by atoms with van der Waals surface area (Å²) in [6.45, 7) is 0. The number of methoxy groups -OCH3 is 2. The quantitative estimate of drug-likeness (QED) is 0.846. The van der Waals surface area contributed by atoms with Crippen molar-refractivity contribution in [1.29, 1.82) is 0 Å². The van der Waals surface area contributed by atoms with E-state index in [0.717, 1.165) is 4.31 Å². The summed E-state index contributed by atoms with van der Waals surface area (Å²) in [5, 5.41) is 0. The third kappa shape index (κ3) is 2.72. The van der Waals surface area contributed by atoms with Gasteiger partial charge in [0.25, 0.3) is 0 Å². The van der Waals surface area contributed by atoms with Crippen LogP contribution in [0, 0.1) is 0 Å². The molecular weight excluding hydrogens is 310 g/mol. The second-order valence-corrected chi connectivity index (χ2v) is 6.40. The van der Waals surface area contributed by atoms with E-state index in [1.165, 1.54) is 34.4 Å². The van der Waals surface area contributed by atoms with Gasteiger partial charge < -0.3 is 9.47 Å². The van der Waals surface area contributed by atoms with Crippen molar-refractivity contribution in [3.63, 3.8) is 0 Å². The Labute approximate surface area is 110 Å². The molecule has 0 bridgehead atoms. The maximum atomic E-state index is 12.1. The molecule has 0 saturated heterocycles. The molecule has 0 aromatic heterocycles. The summed E-state index contributed by atoms with van der Waals surface area (Å²) in [7, 11) is 2.25. The summed E-state index contributed by atoms with van der Waals surface area (Å²) in [5.41, 5.74) is 0. The zero-order valence-corrected chi connectivity index (χ0v) is 12.4. The first-order valence-electron chi connectivity index (χ1n) is 4.68. The summed E-state index contributed by atoms with van der Waals surface area (Å²) >= 11 is 3.27. The van der Waals surface area contributed by atoms with Gasteiger partial charge in [0.1, 0.15) is 16.4 Å². The second-order valence-electron chi connectivity index (χ2n) is 3.43. The molecular formula is C10H14BrNO4S. The Hall–Kier alpha value is -0.790. The van der Waals surface area contributed by atoms with Crippen LogP contribution in [0.1, 0.15) is 0 Å². The molecule has 5 nitrogen and oxygen atoms in total. The van der Waals surface area contributed by atoms with Crippen LogP contribution in [0.2, 0.25) is 0 Å². The molecule has 0 radical (unpaired) electrons. The monoisotopic (exact) mass is 323 g/mol. The van der Waals surface area contributed by atoms with Crippen LogP contribution in [-0.4, -0.2) is 41.0 Å². The summed E-state index contributed by atoms with van der Waals surface area (Å²) < 4.78 is 36.0. The summed E-state index contributed by atoms with van der Waals surface area (Å²) in [5.74, 6) is 0.706. The largest absolute Gasteiger partial charge is 0.496 e. The predicted molar refractivity (Wildman–Crippen MR) is 68.1 cm³/mol. The Morgan fingerprint density at radius 1 is 1.12 bits per heavy atom. The van der Waals surface area contributed by atoms with Crippen molar-refractivity contribution in [3.05, 3.63) is 16.6 Å². The number of ether oxygens (including phenoxy) is 2.